The molecule has 2 N–H and O–H groups in total. The fourth-order valence-electron chi connectivity index (χ4n) is 3.15. The first-order valence-electron chi connectivity index (χ1n) is 8.74. The Morgan fingerprint density at radius 3 is 2.26 bits per heavy atom. The van der Waals surface area contributed by atoms with Gasteiger partial charge in [-0.15, -0.1) is 0 Å². The van der Waals surface area contributed by atoms with Crippen molar-refractivity contribution < 1.29 is 13.2 Å². The lowest BCUT2D eigenvalue weighted by molar-refractivity contribution is -0.114. The number of nitrogens with one attached hydrogen (secondary N) is 2. The molecule has 0 unspecified atom stereocenters. The van der Waals surface area contributed by atoms with Crippen molar-refractivity contribution >= 4 is 21.6 Å². The number of sulfonamides is 1. The van der Waals surface area contributed by atoms with Crippen LogP contribution in [-0.4, -0.2) is 39.4 Å². The summed E-state index contributed by atoms with van der Waals surface area (Å²) in [4.78, 5) is 13.4. The van der Waals surface area contributed by atoms with Crippen LogP contribution in [0, 0.1) is 6.92 Å². The van der Waals surface area contributed by atoms with Crippen LogP contribution in [0.15, 0.2) is 53.4 Å². The number of carbonyl (C=O) groups is 1. The van der Waals surface area contributed by atoms with Crippen LogP contribution in [0.1, 0.15) is 31.0 Å². The maximum absolute atomic E-state index is 12.9. The molecule has 0 aliphatic heterocycles. The van der Waals surface area contributed by atoms with Crippen LogP contribution in [0.4, 0.5) is 5.69 Å². The number of aryl methyl sites for hydroxylation is 1. The molecule has 0 saturated heterocycles. The lowest BCUT2D eigenvalue weighted by Gasteiger charge is -2.31. The summed E-state index contributed by atoms with van der Waals surface area (Å²) in [6, 6.07) is 14.0. The average molecular weight is 390 g/mol. The summed E-state index contributed by atoms with van der Waals surface area (Å²) < 4.78 is 28.6. The van der Waals surface area contributed by atoms with Gasteiger partial charge in [0, 0.05) is 18.7 Å². The van der Waals surface area contributed by atoms with E-state index in [0.717, 1.165) is 11.1 Å². The molecule has 0 aromatic heterocycles. The van der Waals surface area contributed by atoms with Gasteiger partial charge in [-0.2, -0.15) is 0 Å². The molecule has 0 spiro atoms. The second kappa shape index (κ2) is 8.65. The number of hydrogen-bond donors (Lipinski definition) is 2. The Labute approximate surface area is 161 Å². The number of rotatable bonds is 7. The molecule has 2 atom stereocenters. The zero-order valence-electron chi connectivity index (χ0n) is 16.4. The van der Waals surface area contributed by atoms with E-state index in [0.29, 0.717) is 5.69 Å². The zero-order chi connectivity index (χ0) is 20.2. The van der Waals surface area contributed by atoms with Crippen molar-refractivity contribution in [3.8, 4) is 0 Å². The fourth-order valence-corrected chi connectivity index (χ4v) is 4.43. The summed E-state index contributed by atoms with van der Waals surface area (Å²) in [7, 11) is 0.0907. The molecule has 0 radical (unpaired) electrons. The molecule has 0 fully saturated rings. The Hall–Kier alpha value is -2.22. The fraction of sp³-hybridized carbons (Fsp3) is 0.350. The Kier molecular flexibility index (Phi) is 6.75. The van der Waals surface area contributed by atoms with Gasteiger partial charge in [-0.1, -0.05) is 36.4 Å². The maximum atomic E-state index is 12.9. The summed E-state index contributed by atoms with van der Waals surface area (Å²) in [5.74, 6) is -0.245. The maximum Gasteiger partial charge on any atom is 0.240 e. The third kappa shape index (κ3) is 5.38. The van der Waals surface area contributed by atoms with Gasteiger partial charge >= 0.3 is 0 Å². The molecule has 0 aliphatic rings. The predicted molar refractivity (Wildman–Crippen MR) is 108 cm³/mol. The van der Waals surface area contributed by atoms with Crippen LogP contribution >= 0.6 is 0 Å². The number of likely N-dealkylation sites (N-methyl/N-ethyl adjacent to an activating group) is 1. The van der Waals surface area contributed by atoms with Crippen molar-refractivity contribution in [3.63, 3.8) is 0 Å². The lowest BCUT2D eigenvalue weighted by atomic mass is 10.0. The smallest absolute Gasteiger partial charge is 0.240 e. The molecule has 6 nitrogen and oxygen atoms in total. The number of nitrogens with zero attached hydrogens (tertiary/aromatic N) is 1. The van der Waals surface area contributed by atoms with Crippen LogP contribution in [0.25, 0.3) is 0 Å². The zero-order valence-corrected chi connectivity index (χ0v) is 17.2. The molecule has 0 saturated carbocycles. The van der Waals surface area contributed by atoms with Crippen LogP contribution in [0.5, 0.6) is 0 Å². The van der Waals surface area contributed by atoms with E-state index in [-0.39, 0.29) is 22.9 Å². The van der Waals surface area contributed by atoms with E-state index in [2.05, 4.69) is 10.0 Å². The second-order valence-electron chi connectivity index (χ2n) is 6.89. The molecule has 7 heteroatoms. The SMILES string of the molecule is CC(=O)Nc1cc(S(=O)(=O)N[C@@H](C)[C@H](c2ccccc2)N(C)C)ccc1C. The molecule has 27 heavy (non-hydrogen) atoms. The topological polar surface area (TPSA) is 78.5 Å². The average Bonchev–Trinajstić information content (AvgIpc) is 2.56. The summed E-state index contributed by atoms with van der Waals surface area (Å²) >= 11 is 0. The Morgan fingerprint density at radius 2 is 1.70 bits per heavy atom. The minimum absolute atomic E-state index is 0.120. The molecule has 0 bridgehead atoms. The van der Waals surface area contributed by atoms with E-state index < -0.39 is 10.0 Å². The van der Waals surface area contributed by atoms with Crippen LogP contribution in [0.3, 0.4) is 0 Å². The third-order valence-corrected chi connectivity index (χ3v) is 5.90. The largest absolute Gasteiger partial charge is 0.326 e. The van der Waals surface area contributed by atoms with Gasteiger partial charge in [0.2, 0.25) is 15.9 Å². The summed E-state index contributed by atoms with van der Waals surface area (Å²) in [5.41, 5.74) is 2.32. The van der Waals surface area contributed by atoms with Gasteiger partial charge < -0.3 is 10.2 Å². The number of hydrogen-bond acceptors (Lipinski definition) is 4. The van der Waals surface area contributed by atoms with Gasteiger partial charge in [0.15, 0.2) is 0 Å². The lowest BCUT2D eigenvalue weighted by Crippen LogP contribution is -2.42. The molecule has 2 aromatic rings. The van der Waals surface area contributed by atoms with Crippen molar-refractivity contribution in [3.05, 3.63) is 59.7 Å². The normalized spacial score (nSPS) is 14.0. The van der Waals surface area contributed by atoms with Gasteiger partial charge in [-0.3, -0.25) is 4.79 Å². The molecule has 146 valence electrons. The first kappa shape index (κ1) is 21.1. The first-order chi connectivity index (χ1) is 12.6. The minimum atomic E-state index is -3.75. The van der Waals surface area contributed by atoms with Crippen LogP contribution in [-0.2, 0) is 14.8 Å². The van der Waals surface area contributed by atoms with Gasteiger partial charge in [-0.05, 0) is 51.2 Å². The number of benzene rings is 2. The van der Waals surface area contributed by atoms with E-state index in [1.165, 1.54) is 13.0 Å². The molecular weight excluding hydrogens is 362 g/mol. The molecule has 2 aromatic carbocycles. The summed E-state index contributed by atoms with van der Waals surface area (Å²) in [5, 5.41) is 2.67. The highest BCUT2D eigenvalue weighted by Crippen LogP contribution is 2.25. The standard InChI is InChI=1S/C20H27N3O3S/c1-14-11-12-18(13-19(14)21-16(3)24)27(25,26)22-15(2)20(23(4)5)17-9-7-6-8-10-17/h6-13,15,20,22H,1-5H3,(H,21,24)/t15-,20+/m0/s1. The van der Waals surface area contributed by atoms with Crippen molar-refractivity contribution in [2.24, 2.45) is 0 Å². The van der Waals surface area contributed by atoms with Crippen molar-refractivity contribution in [2.45, 2.75) is 37.8 Å². The van der Waals surface area contributed by atoms with Crippen molar-refractivity contribution in [1.82, 2.24) is 9.62 Å². The van der Waals surface area contributed by atoms with Gasteiger partial charge in [0.1, 0.15) is 0 Å². The van der Waals surface area contributed by atoms with Crippen molar-refractivity contribution in [1.29, 1.82) is 0 Å². The quantitative estimate of drug-likeness (QED) is 0.763. The highest BCUT2D eigenvalue weighted by molar-refractivity contribution is 7.89. The van der Waals surface area contributed by atoms with E-state index in [1.54, 1.807) is 12.1 Å². The molecule has 0 aliphatic carbocycles. The van der Waals surface area contributed by atoms with Crippen LogP contribution < -0.4 is 10.0 Å². The van der Waals surface area contributed by atoms with Gasteiger partial charge in [0.25, 0.3) is 0 Å². The molecule has 0 heterocycles. The van der Waals surface area contributed by atoms with Crippen LogP contribution in [0.2, 0.25) is 0 Å². The van der Waals surface area contributed by atoms with E-state index in [9.17, 15) is 13.2 Å². The molecule has 2 rings (SSSR count). The monoisotopic (exact) mass is 389 g/mol. The summed E-state index contributed by atoms with van der Waals surface area (Å²) in [6.07, 6.45) is 0. The molecular formula is C20H27N3O3S. The minimum Gasteiger partial charge on any atom is -0.326 e. The number of anilines is 1. The number of amides is 1. The van der Waals surface area contributed by atoms with E-state index >= 15 is 0 Å². The van der Waals surface area contributed by atoms with Gasteiger partial charge in [0.05, 0.1) is 10.9 Å². The highest BCUT2D eigenvalue weighted by atomic mass is 32.2. The third-order valence-electron chi connectivity index (χ3n) is 4.34. The van der Waals surface area contributed by atoms with E-state index in [4.69, 9.17) is 0 Å². The number of carbonyl (C=O) groups excluding carboxylic acids is 1. The Bertz CT molecular complexity index is 896. The highest BCUT2D eigenvalue weighted by Gasteiger charge is 2.26. The Morgan fingerprint density at radius 1 is 1.07 bits per heavy atom. The Balaban J connectivity index is 2.30. The van der Waals surface area contributed by atoms with Crippen molar-refractivity contribution in [2.75, 3.05) is 19.4 Å². The molecule has 1 amide bonds. The predicted octanol–water partition coefficient (Wildman–Crippen LogP) is 2.92. The van der Waals surface area contributed by atoms with Gasteiger partial charge in [-0.25, -0.2) is 13.1 Å². The summed E-state index contributed by atoms with van der Waals surface area (Å²) in [6.45, 7) is 5.05. The van der Waals surface area contributed by atoms with E-state index in [1.807, 2.05) is 63.2 Å². The first-order valence-corrected chi connectivity index (χ1v) is 10.2. The second-order valence-corrected chi connectivity index (χ2v) is 8.60.